The van der Waals surface area contributed by atoms with Crippen LogP contribution >= 0.6 is 0 Å². The number of rotatable bonds is 7. The summed E-state index contributed by atoms with van der Waals surface area (Å²) in [4.78, 5) is 24.0. The van der Waals surface area contributed by atoms with Gasteiger partial charge >= 0.3 is 11.9 Å². The second-order valence-corrected chi connectivity index (χ2v) is 3.62. The number of nitrogens with zero attached hydrogens (tertiary/aromatic N) is 3. The molecule has 1 aromatic rings. The van der Waals surface area contributed by atoms with Gasteiger partial charge in [-0.15, -0.1) is 0 Å². The number of nitro groups is 1. The lowest BCUT2D eigenvalue weighted by atomic mass is 10.1. The molecule has 8 nitrogen and oxygen atoms in total. The third kappa shape index (κ3) is 3.83. The third-order valence-corrected chi connectivity index (χ3v) is 2.34. The highest BCUT2D eigenvalue weighted by molar-refractivity contribution is 5.72. The van der Waals surface area contributed by atoms with Gasteiger partial charge < -0.3 is 21.0 Å². The number of aryl methyl sites for hydroxylation is 1. The van der Waals surface area contributed by atoms with Crippen molar-refractivity contribution in [3.05, 3.63) is 22.5 Å². The Morgan fingerprint density at radius 1 is 1.65 bits per heavy atom. The van der Waals surface area contributed by atoms with Gasteiger partial charge in [-0.3, -0.25) is 4.79 Å². The number of imidazole rings is 1. The van der Waals surface area contributed by atoms with Gasteiger partial charge in [0, 0.05) is 0 Å². The molecule has 0 aliphatic rings. The smallest absolute Gasteiger partial charge is 0.434 e. The molecule has 0 fully saturated rings. The van der Waals surface area contributed by atoms with Crippen molar-refractivity contribution in [3.63, 3.8) is 0 Å². The fourth-order valence-electron chi connectivity index (χ4n) is 1.42. The first-order valence-corrected chi connectivity index (χ1v) is 5.16. The van der Waals surface area contributed by atoms with Crippen molar-refractivity contribution in [3.8, 4) is 0 Å². The van der Waals surface area contributed by atoms with E-state index in [1.807, 2.05) is 0 Å². The molecule has 0 radical (unpaired) electrons. The van der Waals surface area contributed by atoms with E-state index >= 15 is 0 Å². The van der Waals surface area contributed by atoms with Crippen LogP contribution in [0.4, 0.5) is 5.95 Å². The van der Waals surface area contributed by atoms with E-state index < -0.39 is 16.9 Å². The maximum absolute atomic E-state index is 10.5. The number of carboxylic acid groups (broad SMARTS) is 1. The van der Waals surface area contributed by atoms with Crippen molar-refractivity contribution < 1.29 is 14.8 Å². The Labute approximate surface area is 97.2 Å². The second kappa shape index (κ2) is 5.94. The van der Waals surface area contributed by atoms with Gasteiger partial charge in [0.25, 0.3) is 0 Å². The molecule has 1 heterocycles. The van der Waals surface area contributed by atoms with Crippen LogP contribution in [0.3, 0.4) is 0 Å². The molecule has 0 amide bonds. The third-order valence-electron chi connectivity index (χ3n) is 2.34. The Morgan fingerprint density at radius 2 is 2.35 bits per heavy atom. The molecule has 17 heavy (non-hydrogen) atoms. The van der Waals surface area contributed by atoms with Crippen LogP contribution in [0.25, 0.3) is 0 Å². The average Bonchev–Trinajstić information content (AvgIpc) is 2.72. The van der Waals surface area contributed by atoms with Crippen LogP contribution in [0.1, 0.15) is 19.3 Å². The minimum atomic E-state index is -1.03. The standard InChI is InChI=1S/C9H14N4O4/c10-7(8(14)15)3-1-2-5-12-6-4-11-9(12)13(16)17/h4,6-7H,1-3,5,10H2,(H,14,15). The van der Waals surface area contributed by atoms with E-state index in [1.165, 1.54) is 17.0 Å². The topological polar surface area (TPSA) is 124 Å². The summed E-state index contributed by atoms with van der Waals surface area (Å²) in [5.74, 6) is -1.23. The van der Waals surface area contributed by atoms with Gasteiger partial charge in [-0.25, -0.2) is 4.57 Å². The molecule has 0 spiro atoms. The van der Waals surface area contributed by atoms with E-state index in [0.717, 1.165) is 0 Å². The summed E-state index contributed by atoms with van der Waals surface area (Å²) in [7, 11) is 0. The quantitative estimate of drug-likeness (QED) is 0.404. The highest BCUT2D eigenvalue weighted by Crippen LogP contribution is 2.10. The predicted molar refractivity (Wildman–Crippen MR) is 58.3 cm³/mol. The molecule has 0 aromatic carbocycles. The minimum absolute atomic E-state index is 0.201. The van der Waals surface area contributed by atoms with E-state index in [4.69, 9.17) is 10.8 Å². The summed E-state index contributed by atoms with van der Waals surface area (Å²) in [6, 6.07) is -0.868. The zero-order valence-electron chi connectivity index (χ0n) is 9.15. The van der Waals surface area contributed by atoms with E-state index in [2.05, 4.69) is 4.98 Å². The van der Waals surface area contributed by atoms with Gasteiger partial charge in [-0.05, 0) is 24.2 Å². The van der Waals surface area contributed by atoms with Crippen molar-refractivity contribution in [2.45, 2.75) is 31.8 Å². The van der Waals surface area contributed by atoms with Crippen LogP contribution in [0.15, 0.2) is 12.4 Å². The number of unbranched alkanes of at least 4 members (excludes halogenated alkanes) is 1. The number of aliphatic carboxylic acids is 1. The molecule has 0 aliphatic carbocycles. The first-order chi connectivity index (χ1) is 8.02. The molecule has 1 aromatic heterocycles. The molecule has 1 rings (SSSR count). The molecule has 1 atom stereocenters. The average molecular weight is 242 g/mol. The fraction of sp³-hybridized carbons (Fsp3) is 0.556. The largest absolute Gasteiger partial charge is 0.480 e. The molecular formula is C9H14N4O4. The SMILES string of the molecule is NC(CCCCn1ccnc1[N+](=O)[O-])C(=O)O. The van der Waals surface area contributed by atoms with E-state index in [9.17, 15) is 14.9 Å². The fourth-order valence-corrected chi connectivity index (χ4v) is 1.42. The monoisotopic (exact) mass is 242 g/mol. The molecule has 94 valence electrons. The van der Waals surface area contributed by atoms with E-state index in [-0.39, 0.29) is 5.95 Å². The van der Waals surface area contributed by atoms with Crippen molar-refractivity contribution >= 4 is 11.9 Å². The number of nitrogens with two attached hydrogens (primary N) is 1. The molecule has 1 unspecified atom stereocenters. The lowest BCUT2D eigenvalue weighted by Gasteiger charge is -2.05. The first kappa shape index (κ1) is 13.1. The zero-order valence-corrected chi connectivity index (χ0v) is 9.15. The van der Waals surface area contributed by atoms with Crippen molar-refractivity contribution in [2.24, 2.45) is 5.73 Å². The molecule has 0 bridgehead atoms. The summed E-state index contributed by atoms with van der Waals surface area (Å²) < 4.78 is 1.42. The molecule has 0 aliphatic heterocycles. The van der Waals surface area contributed by atoms with Crippen molar-refractivity contribution in [1.29, 1.82) is 0 Å². The van der Waals surface area contributed by atoms with Gasteiger partial charge in [0.1, 0.15) is 18.4 Å². The molecule has 0 saturated heterocycles. The summed E-state index contributed by atoms with van der Waals surface area (Å²) in [6.07, 6.45) is 4.47. The Morgan fingerprint density at radius 3 is 2.94 bits per heavy atom. The molecule has 3 N–H and O–H groups in total. The van der Waals surface area contributed by atoms with Crippen LogP contribution in [0.5, 0.6) is 0 Å². The Bertz CT molecular complexity index is 403. The summed E-state index contributed by atoms with van der Waals surface area (Å²) >= 11 is 0. The minimum Gasteiger partial charge on any atom is -0.480 e. The number of aromatic nitrogens is 2. The maximum atomic E-state index is 10.5. The highest BCUT2D eigenvalue weighted by atomic mass is 16.6. The Hall–Kier alpha value is -1.96. The normalized spacial score (nSPS) is 12.3. The van der Waals surface area contributed by atoms with Crippen LogP contribution in [0.2, 0.25) is 0 Å². The Balaban J connectivity index is 2.34. The molecule has 8 heteroatoms. The van der Waals surface area contributed by atoms with Gasteiger partial charge in [0.15, 0.2) is 0 Å². The van der Waals surface area contributed by atoms with E-state index in [0.29, 0.717) is 25.8 Å². The van der Waals surface area contributed by atoms with Crippen molar-refractivity contribution in [2.75, 3.05) is 0 Å². The lowest BCUT2D eigenvalue weighted by Crippen LogP contribution is -2.29. The number of carboxylic acids is 1. The van der Waals surface area contributed by atoms with Crippen molar-refractivity contribution in [1.82, 2.24) is 9.55 Å². The molecule has 0 saturated carbocycles. The summed E-state index contributed by atoms with van der Waals surface area (Å²) in [6.45, 7) is 0.433. The van der Waals surface area contributed by atoms with Gasteiger partial charge in [0.05, 0.1) is 6.54 Å². The highest BCUT2D eigenvalue weighted by Gasteiger charge is 2.14. The van der Waals surface area contributed by atoms with Crippen LogP contribution in [-0.2, 0) is 11.3 Å². The lowest BCUT2D eigenvalue weighted by molar-refractivity contribution is -0.396. The van der Waals surface area contributed by atoms with Crippen LogP contribution < -0.4 is 5.73 Å². The van der Waals surface area contributed by atoms with Crippen LogP contribution in [0, 0.1) is 10.1 Å². The summed E-state index contributed by atoms with van der Waals surface area (Å²) in [5, 5.41) is 19.1. The second-order valence-electron chi connectivity index (χ2n) is 3.62. The van der Waals surface area contributed by atoms with Crippen LogP contribution in [-0.4, -0.2) is 31.6 Å². The predicted octanol–water partition coefficient (Wildman–Crippen LogP) is 0.373. The van der Waals surface area contributed by atoms with Gasteiger partial charge in [-0.1, -0.05) is 4.98 Å². The maximum Gasteiger partial charge on any atom is 0.434 e. The number of hydrogen-bond acceptors (Lipinski definition) is 5. The van der Waals surface area contributed by atoms with Gasteiger partial charge in [-0.2, -0.15) is 0 Å². The van der Waals surface area contributed by atoms with Gasteiger partial charge in [0.2, 0.25) is 0 Å². The van der Waals surface area contributed by atoms with E-state index in [1.54, 1.807) is 0 Å². The molecular weight excluding hydrogens is 228 g/mol. The number of carbonyl (C=O) groups is 1. The first-order valence-electron chi connectivity index (χ1n) is 5.16. The Kier molecular flexibility index (Phi) is 4.58. The number of hydrogen-bond donors (Lipinski definition) is 2. The summed E-state index contributed by atoms with van der Waals surface area (Å²) in [5.41, 5.74) is 5.33. The zero-order chi connectivity index (χ0) is 12.8.